The van der Waals surface area contributed by atoms with Crippen LogP contribution in [0.3, 0.4) is 0 Å². The predicted octanol–water partition coefficient (Wildman–Crippen LogP) is 5.13. The van der Waals surface area contributed by atoms with Crippen LogP contribution < -0.4 is 10.1 Å². The third-order valence-electron chi connectivity index (χ3n) is 3.95. The van der Waals surface area contributed by atoms with E-state index < -0.39 is 0 Å². The molecule has 0 spiro atoms. The minimum absolute atomic E-state index is 0.728. The number of benzene rings is 3. The zero-order chi connectivity index (χ0) is 15.6. The van der Waals surface area contributed by atoms with Gasteiger partial charge in [0.15, 0.2) is 0 Å². The molecule has 3 nitrogen and oxygen atoms in total. The topological polar surface area (TPSA) is 33.6 Å². The van der Waals surface area contributed by atoms with Gasteiger partial charge in [-0.05, 0) is 36.1 Å². The summed E-state index contributed by atoms with van der Waals surface area (Å²) in [6, 6.07) is 20.6. The number of amidine groups is 1. The number of hydrogen-bond donors (Lipinski definition) is 1. The van der Waals surface area contributed by atoms with Gasteiger partial charge in [0.25, 0.3) is 0 Å². The molecule has 0 aromatic heterocycles. The van der Waals surface area contributed by atoms with Crippen LogP contribution in [0, 0.1) is 0 Å². The Labute approximate surface area is 135 Å². The lowest BCUT2D eigenvalue weighted by Crippen LogP contribution is -2.16. The second-order valence-corrected chi connectivity index (χ2v) is 5.64. The normalized spacial score (nSPS) is 12.7. The summed E-state index contributed by atoms with van der Waals surface area (Å²) in [5.74, 6) is 1.74. The quantitative estimate of drug-likeness (QED) is 0.724. The van der Waals surface area contributed by atoms with E-state index >= 15 is 0 Å². The molecule has 3 aromatic rings. The highest BCUT2D eigenvalue weighted by molar-refractivity contribution is 6.19. The minimum atomic E-state index is 0.728. The molecule has 1 aliphatic heterocycles. The molecular formula is C20H18N2O. The van der Waals surface area contributed by atoms with Crippen molar-refractivity contribution in [3.63, 3.8) is 0 Å². The molecule has 0 fully saturated rings. The second-order valence-electron chi connectivity index (χ2n) is 5.64. The monoisotopic (exact) mass is 302 g/mol. The van der Waals surface area contributed by atoms with Gasteiger partial charge in [0.1, 0.15) is 11.6 Å². The number of anilines is 1. The van der Waals surface area contributed by atoms with Crippen LogP contribution in [-0.2, 0) is 0 Å². The zero-order valence-corrected chi connectivity index (χ0v) is 13.0. The third kappa shape index (κ3) is 2.55. The van der Waals surface area contributed by atoms with E-state index in [1.165, 1.54) is 10.8 Å². The van der Waals surface area contributed by atoms with Crippen molar-refractivity contribution in [1.82, 2.24) is 0 Å². The van der Waals surface area contributed by atoms with E-state index in [0.29, 0.717) is 0 Å². The van der Waals surface area contributed by atoms with E-state index in [2.05, 4.69) is 54.7 Å². The smallest absolute Gasteiger partial charge is 0.138 e. The first-order valence-corrected chi connectivity index (χ1v) is 7.96. The summed E-state index contributed by atoms with van der Waals surface area (Å²) >= 11 is 0. The Morgan fingerprint density at radius 1 is 1.00 bits per heavy atom. The van der Waals surface area contributed by atoms with Gasteiger partial charge >= 0.3 is 0 Å². The van der Waals surface area contributed by atoms with Crippen molar-refractivity contribution in [2.75, 3.05) is 11.9 Å². The van der Waals surface area contributed by atoms with Crippen LogP contribution in [0.25, 0.3) is 10.8 Å². The van der Waals surface area contributed by atoms with Crippen molar-refractivity contribution in [2.45, 2.75) is 13.3 Å². The van der Waals surface area contributed by atoms with Gasteiger partial charge in [-0.3, -0.25) is 0 Å². The van der Waals surface area contributed by atoms with E-state index in [1.807, 2.05) is 18.2 Å². The van der Waals surface area contributed by atoms with Crippen molar-refractivity contribution in [1.29, 1.82) is 0 Å². The first kappa shape index (κ1) is 13.8. The zero-order valence-electron chi connectivity index (χ0n) is 13.0. The van der Waals surface area contributed by atoms with Crippen LogP contribution >= 0.6 is 0 Å². The lowest BCUT2D eigenvalue weighted by Gasteiger charge is -2.19. The number of nitrogens with one attached hydrogen (secondary N) is 1. The van der Waals surface area contributed by atoms with E-state index in [-0.39, 0.29) is 0 Å². The Kier molecular flexibility index (Phi) is 3.46. The number of hydrogen-bond acceptors (Lipinski definition) is 3. The Morgan fingerprint density at radius 2 is 1.83 bits per heavy atom. The molecule has 0 unspecified atom stereocenters. The molecule has 1 N–H and O–H groups in total. The van der Waals surface area contributed by atoms with E-state index in [9.17, 15) is 0 Å². The standard InChI is InChI=1S/C20H18N2O/c1-2-12-23-16-9-3-8-15(13-16)20-21-17-10-4-6-14-7-5-11-18(22-20)19(14)17/h3-11,13H,2,12H2,1H3,(H,21,22). The molecule has 1 heterocycles. The summed E-state index contributed by atoms with van der Waals surface area (Å²) in [6.07, 6.45) is 0.999. The largest absolute Gasteiger partial charge is 0.494 e. The van der Waals surface area contributed by atoms with Crippen LogP contribution in [-0.4, -0.2) is 12.4 Å². The Bertz CT molecular complexity index is 894. The molecule has 114 valence electrons. The highest BCUT2D eigenvalue weighted by atomic mass is 16.5. The van der Waals surface area contributed by atoms with Crippen LogP contribution in [0.15, 0.2) is 65.7 Å². The molecule has 23 heavy (non-hydrogen) atoms. The van der Waals surface area contributed by atoms with Gasteiger partial charge < -0.3 is 10.1 Å². The van der Waals surface area contributed by atoms with Crippen molar-refractivity contribution < 1.29 is 4.74 Å². The van der Waals surface area contributed by atoms with Gasteiger partial charge in [0.05, 0.1) is 12.3 Å². The summed E-state index contributed by atoms with van der Waals surface area (Å²) in [7, 11) is 0. The first-order valence-electron chi connectivity index (χ1n) is 7.96. The summed E-state index contributed by atoms with van der Waals surface area (Å²) in [4.78, 5) is 4.81. The molecule has 0 bridgehead atoms. The van der Waals surface area contributed by atoms with Gasteiger partial charge in [0.2, 0.25) is 0 Å². The van der Waals surface area contributed by atoms with Crippen molar-refractivity contribution in [2.24, 2.45) is 4.99 Å². The molecular weight excluding hydrogens is 284 g/mol. The lowest BCUT2D eigenvalue weighted by molar-refractivity contribution is 0.317. The Morgan fingerprint density at radius 3 is 2.70 bits per heavy atom. The Hall–Kier alpha value is -2.81. The second kappa shape index (κ2) is 5.76. The lowest BCUT2D eigenvalue weighted by atomic mass is 10.0. The summed E-state index contributed by atoms with van der Waals surface area (Å²) < 4.78 is 5.73. The van der Waals surface area contributed by atoms with E-state index in [1.54, 1.807) is 0 Å². The molecule has 0 saturated carbocycles. The average molecular weight is 302 g/mol. The van der Waals surface area contributed by atoms with Gasteiger partial charge in [-0.15, -0.1) is 0 Å². The SMILES string of the molecule is CCCOc1cccc(C2=Nc3cccc4cccc(c34)N2)c1. The molecule has 0 amide bonds. The Balaban J connectivity index is 1.76. The molecule has 1 aliphatic rings. The fourth-order valence-electron chi connectivity index (χ4n) is 2.88. The number of ether oxygens (including phenoxy) is 1. The summed E-state index contributed by atoms with van der Waals surface area (Å²) in [5, 5.41) is 5.84. The van der Waals surface area contributed by atoms with E-state index in [0.717, 1.165) is 41.6 Å². The fourth-order valence-corrected chi connectivity index (χ4v) is 2.88. The third-order valence-corrected chi connectivity index (χ3v) is 3.95. The first-order chi connectivity index (χ1) is 11.3. The van der Waals surface area contributed by atoms with Crippen molar-refractivity contribution >= 4 is 28.0 Å². The van der Waals surface area contributed by atoms with Gasteiger partial charge in [-0.25, -0.2) is 4.99 Å². The minimum Gasteiger partial charge on any atom is -0.494 e. The molecule has 4 rings (SSSR count). The average Bonchev–Trinajstić information content (AvgIpc) is 2.60. The number of rotatable bonds is 4. The fraction of sp³-hybridized carbons (Fsp3) is 0.150. The van der Waals surface area contributed by atoms with Gasteiger partial charge in [-0.2, -0.15) is 0 Å². The van der Waals surface area contributed by atoms with Crippen LogP contribution in [0.1, 0.15) is 18.9 Å². The number of aliphatic imine (C=N–C) groups is 1. The highest BCUT2D eigenvalue weighted by Crippen LogP contribution is 2.36. The van der Waals surface area contributed by atoms with E-state index in [4.69, 9.17) is 9.73 Å². The molecule has 0 radical (unpaired) electrons. The molecule has 0 atom stereocenters. The van der Waals surface area contributed by atoms with Crippen molar-refractivity contribution in [3.8, 4) is 5.75 Å². The predicted molar refractivity (Wildman–Crippen MR) is 96.0 cm³/mol. The molecule has 3 aromatic carbocycles. The van der Waals surface area contributed by atoms with Crippen LogP contribution in [0.2, 0.25) is 0 Å². The highest BCUT2D eigenvalue weighted by Gasteiger charge is 2.15. The summed E-state index contributed by atoms with van der Waals surface area (Å²) in [6.45, 7) is 2.83. The maximum Gasteiger partial charge on any atom is 0.138 e. The van der Waals surface area contributed by atoms with Gasteiger partial charge in [0, 0.05) is 16.6 Å². The molecule has 3 heteroatoms. The van der Waals surface area contributed by atoms with Crippen LogP contribution in [0.5, 0.6) is 5.75 Å². The molecule has 0 saturated heterocycles. The molecule has 0 aliphatic carbocycles. The van der Waals surface area contributed by atoms with Crippen LogP contribution in [0.4, 0.5) is 11.4 Å². The number of nitrogens with zero attached hydrogens (tertiary/aromatic N) is 1. The van der Waals surface area contributed by atoms with Crippen molar-refractivity contribution in [3.05, 3.63) is 66.2 Å². The maximum atomic E-state index is 5.73. The maximum absolute atomic E-state index is 5.73. The summed E-state index contributed by atoms with van der Waals surface area (Å²) in [5.41, 5.74) is 3.14. The van der Waals surface area contributed by atoms with Gasteiger partial charge in [-0.1, -0.05) is 43.3 Å².